The number of hydrogen-bond donors (Lipinski definition) is 1. The fourth-order valence-corrected chi connectivity index (χ4v) is 2.38. The molecule has 1 atom stereocenters. The quantitative estimate of drug-likeness (QED) is 0.647. The molecule has 0 bridgehead atoms. The van der Waals surface area contributed by atoms with Crippen molar-refractivity contribution in [2.24, 2.45) is 0 Å². The van der Waals surface area contributed by atoms with E-state index in [0.717, 1.165) is 6.54 Å². The zero-order chi connectivity index (χ0) is 8.67. The summed E-state index contributed by atoms with van der Waals surface area (Å²) in [6.07, 6.45) is 3.25. The van der Waals surface area contributed by atoms with Crippen LogP contribution in [0.15, 0.2) is 24.3 Å². The summed E-state index contributed by atoms with van der Waals surface area (Å²) < 4.78 is 0. The highest BCUT2D eigenvalue weighted by molar-refractivity contribution is 5.53. The number of fused-ring (bicyclic) bond motifs is 2. The van der Waals surface area contributed by atoms with Gasteiger partial charge in [0, 0.05) is 18.8 Å². The van der Waals surface area contributed by atoms with Gasteiger partial charge in [-0.2, -0.15) is 0 Å². The Balaban J connectivity index is 1.97. The van der Waals surface area contributed by atoms with E-state index in [1.807, 2.05) is 0 Å². The van der Waals surface area contributed by atoms with Crippen LogP contribution in [0.1, 0.15) is 18.4 Å². The summed E-state index contributed by atoms with van der Waals surface area (Å²) in [5, 5.41) is 3.58. The average molecular weight is 174 g/mol. The Morgan fingerprint density at radius 2 is 2.23 bits per heavy atom. The minimum absolute atomic E-state index is 0.606. The predicted octanol–water partition coefficient (Wildman–Crippen LogP) is 2.03. The molecule has 68 valence electrons. The molecule has 0 radical (unpaired) electrons. The van der Waals surface area contributed by atoms with Crippen LogP contribution in [0, 0.1) is 0 Å². The van der Waals surface area contributed by atoms with Crippen LogP contribution >= 0.6 is 0 Å². The van der Waals surface area contributed by atoms with Crippen molar-refractivity contribution in [3.63, 3.8) is 0 Å². The number of benzene rings is 1. The molecule has 2 heteroatoms. The van der Waals surface area contributed by atoms with E-state index in [0.29, 0.717) is 6.17 Å². The second kappa shape index (κ2) is 2.74. The fraction of sp³-hybridized carbons (Fsp3) is 0.455. The fourth-order valence-electron chi connectivity index (χ4n) is 2.38. The Morgan fingerprint density at radius 1 is 1.31 bits per heavy atom. The molecule has 2 heterocycles. The van der Waals surface area contributed by atoms with E-state index in [4.69, 9.17) is 0 Å². The molecule has 1 saturated heterocycles. The Labute approximate surface area is 78.6 Å². The molecule has 1 fully saturated rings. The van der Waals surface area contributed by atoms with Crippen molar-refractivity contribution >= 4 is 5.69 Å². The van der Waals surface area contributed by atoms with E-state index < -0.39 is 0 Å². The van der Waals surface area contributed by atoms with Gasteiger partial charge in [-0.1, -0.05) is 18.2 Å². The largest absolute Gasteiger partial charge is 0.369 e. The summed E-state index contributed by atoms with van der Waals surface area (Å²) in [6, 6.07) is 8.63. The number of anilines is 1. The lowest BCUT2D eigenvalue weighted by Crippen LogP contribution is -2.39. The van der Waals surface area contributed by atoms with Crippen LogP contribution in [-0.4, -0.2) is 17.6 Å². The van der Waals surface area contributed by atoms with Crippen molar-refractivity contribution in [3.8, 4) is 0 Å². The van der Waals surface area contributed by atoms with Crippen molar-refractivity contribution < 1.29 is 0 Å². The molecule has 2 aliphatic rings. The molecule has 0 unspecified atom stereocenters. The Morgan fingerprint density at radius 3 is 3.23 bits per heavy atom. The molecule has 0 spiro atoms. The second-order valence-electron chi connectivity index (χ2n) is 3.93. The van der Waals surface area contributed by atoms with Gasteiger partial charge < -0.3 is 5.32 Å². The van der Waals surface area contributed by atoms with Gasteiger partial charge in [-0.3, -0.25) is 4.90 Å². The minimum Gasteiger partial charge on any atom is -0.369 e. The zero-order valence-corrected chi connectivity index (χ0v) is 7.66. The van der Waals surface area contributed by atoms with Crippen molar-refractivity contribution in [2.75, 3.05) is 11.9 Å². The van der Waals surface area contributed by atoms with Gasteiger partial charge in [0.25, 0.3) is 0 Å². The first kappa shape index (κ1) is 7.39. The molecule has 0 aliphatic carbocycles. The average Bonchev–Trinajstić information content (AvgIpc) is 2.61. The van der Waals surface area contributed by atoms with Gasteiger partial charge in [0.05, 0.1) is 6.17 Å². The maximum atomic E-state index is 3.58. The van der Waals surface area contributed by atoms with E-state index >= 15 is 0 Å². The summed E-state index contributed by atoms with van der Waals surface area (Å²) in [5.74, 6) is 0. The summed E-state index contributed by atoms with van der Waals surface area (Å²) in [5.41, 5.74) is 2.78. The Bertz CT molecular complexity index is 291. The SMILES string of the molecule is c1ccc2c(c1)CN1CCC[C@@H]1N2. The van der Waals surface area contributed by atoms with Crippen molar-refractivity contribution in [1.82, 2.24) is 4.90 Å². The van der Waals surface area contributed by atoms with E-state index in [2.05, 4.69) is 34.5 Å². The highest BCUT2D eigenvalue weighted by atomic mass is 15.3. The number of para-hydroxylation sites is 1. The normalized spacial score (nSPS) is 26.3. The van der Waals surface area contributed by atoms with Gasteiger partial charge in [-0.25, -0.2) is 0 Å². The first-order valence-corrected chi connectivity index (χ1v) is 5.02. The van der Waals surface area contributed by atoms with Gasteiger partial charge in [0.1, 0.15) is 0 Å². The molecular weight excluding hydrogens is 160 g/mol. The highest BCUT2D eigenvalue weighted by Crippen LogP contribution is 2.29. The van der Waals surface area contributed by atoms with Gasteiger partial charge in [0.2, 0.25) is 0 Å². The summed E-state index contributed by atoms with van der Waals surface area (Å²) in [6.45, 7) is 2.39. The van der Waals surface area contributed by atoms with E-state index in [1.165, 1.54) is 30.6 Å². The third-order valence-electron chi connectivity index (χ3n) is 3.08. The van der Waals surface area contributed by atoms with E-state index in [1.54, 1.807) is 0 Å². The van der Waals surface area contributed by atoms with Crippen molar-refractivity contribution in [1.29, 1.82) is 0 Å². The van der Waals surface area contributed by atoms with Crippen LogP contribution in [0.5, 0.6) is 0 Å². The number of rotatable bonds is 0. The number of hydrogen-bond acceptors (Lipinski definition) is 2. The molecule has 13 heavy (non-hydrogen) atoms. The molecule has 1 aromatic rings. The summed E-state index contributed by atoms with van der Waals surface area (Å²) in [4.78, 5) is 2.53. The van der Waals surface area contributed by atoms with Crippen LogP contribution in [0.3, 0.4) is 0 Å². The van der Waals surface area contributed by atoms with Gasteiger partial charge in [-0.05, 0) is 24.5 Å². The van der Waals surface area contributed by atoms with Crippen LogP contribution in [0.4, 0.5) is 5.69 Å². The molecule has 0 amide bonds. The smallest absolute Gasteiger partial charge is 0.0796 e. The van der Waals surface area contributed by atoms with Gasteiger partial charge >= 0.3 is 0 Å². The molecular formula is C11H14N2. The van der Waals surface area contributed by atoms with Crippen LogP contribution in [-0.2, 0) is 6.54 Å². The molecule has 2 aliphatic heterocycles. The topological polar surface area (TPSA) is 15.3 Å². The number of nitrogens with zero attached hydrogens (tertiary/aromatic N) is 1. The molecule has 1 aromatic carbocycles. The van der Waals surface area contributed by atoms with Gasteiger partial charge in [0.15, 0.2) is 0 Å². The molecule has 2 nitrogen and oxygen atoms in total. The maximum absolute atomic E-state index is 3.58. The molecule has 3 rings (SSSR count). The predicted molar refractivity (Wildman–Crippen MR) is 53.5 cm³/mol. The molecule has 0 aromatic heterocycles. The molecule has 1 N–H and O–H groups in total. The van der Waals surface area contributed by atoms with Crippen LogP contribution in [0.25, 0.3) is 0 Å². The first-order chi connectivity index (χ1) is 6.43. The second-order valence-corrected chi connectivity index (χ2v) is 3.93. The Hall–Kier alpha value is -1.02. The third-order valence-corrected chi connectivity index (χ3v) is 3.08. The minimum atomic E-state index is 0.606. The standard InChI is InChI=1S/C11H14N2/c1-2-5-10-9(4-1)8-13-7-3-6-11(13)12-10/h1-2,4-5,11-12H,3,6-8H2/t11-/m1/s1. The van der Waals surface area contributed by atoms with E-state index in [-0.39, 0.29) is 0 Å². The monoisotopic (exact) mass is 174 g/mol. The number of nitrogens with one attached hydrogen (secondary N) is 1. The first-order valence-electron chi connectivity index (χ1n) is 5.02. The lowest BCUT2D eigenvalue weighted by Gasteiger charge is -2.32. The summed E-state index contributed by atoms with van der Waals surface area (Å²) in [7, 11) is 0. The maximum Gasteiger partial charge on any atom is 0.0796 e. The third kappa shape index (κ3) is 1.13. The van der Waals surface area contributed by atoms with Gasteiger partial charge in [-0.15, -0.1) is 0 Å². The lowest BCUT2D eigenvalue weighted by atomic mass is 10.1. The molecule has 0 saturated carbocycles. The van der Waals surface area contributed by atoms with Crippen molar-refractivity contribution in [2.45, 2.75) is 25.6 Å². The highest BCUT2D eigenvalue weighted by Gasteiger charge is 2.28. The van der Waals surface area contributed by atoms with Crippen LogP contribution < -0.4 is 5.32 Å². The summed E-state index contributed by atoms with van der Waals surface area (Å²) >= 11 is 0. The van der Waals surface area contributed by atoms with Crippen LogP contribution in [0.2, 0.25) is 0 Å². The zero-order valence-electron chi connectivity index (χ0n) is 7.66. The van der Waals surface area contributed by atoms with Crippen molar-refractivity contribution in [3.05, 3.63) is 29.8 Å². The Kier molecular flexibility index (Phi) is 1.56. The lowest BCUT2D eigenvalue weighted by molar-refractivity contribution is 0.257. The van der Waals surface area contributed by atoms with E-state index in [9.17, 15) is 0 Å².